The number of nitrogens with zero attached hydrogens (tertiary/aromatic N) is 4. The third-order valence-corrected chi connectivity index (χ3v) is 13.7. The van der Waals surface area contributed by atoms with Gasteiger partial charge in [-0.25, -0.2) is 15.2 Å². The number of amides is 3. The van der Waals surface area contributed by atoms with Gasteiger partial charge in [-0.05, 0) is 104 Å². The Labute approximate surface area is 490 Å². The van der Waals surface area contributed by atoms with Crippen molar-refractivity contribution in [2.75, 3.05) is 39.5 Å². The van der Waals surface area contributed by atoms with Crippen LogP contribution in [0, 0.1) is 0 Å². The molecule has 24 heteroatoms. The number of hydrogen-bond acceptors (Lipinski definition) is 20. The van der Waals surface area contributed by atoms with Gasteiger partial charge in [-0.1, -0.05) is 90.0 Å². The molecule has 0 bridgehead atoms. The number of aliphatic hydroxyl groups is 5. The highest BCUT2D eigenvalue weighted by molar-refractivity contribution is 7.94. The minimum Gasteiger partial charge on any atom is -0.493 e. The molecular formula is C60H71N7O16S. The molecule has 0 aliphatic heterocycles. The number of carboxylic acids is 1. The smallest absolute Gasteiger partial charge is 0.303 e. The van der Waals surface area contributed by atoms with E-state index in [1.807, 2.05) is 54.6 Å². The number of pyridine rings is 2. The summed E-state index contributed by atoms with van der Waals surface area (Å²) in [6.07, 6.45) is -2.57. The Morgan fingerprint density at radius 3 is 2.04 bits per heavy atom. The number of carbonyl (C=O) groups excluding carboxylic acids is 3. The standard InChI is InChI=1S/C60H71N7O16S/c68-39-49(70)58(75)57(74)48(69)38-63-60(77)46(66-59(76)43-26-28-53(62-36-43)67-64-37-42-20-8-9-24-52(42)84-83-82-78)21-10-11-30-61-54(71)25-15-33-80-51-23-14-22-50(45(51)27-29-56(72)73)79-31-12-3-13-32-81-55-35-44(40-16-4-1-5-17-40)34-47(65-55)41-18-6-2-7-19-41/h1-2,4-9,14,16-20,22-24,26,28,34-36,46,48-49,57-58,68-70,74-75,78H,3,10-13,15,21,25,27,29-33,37-39H2,(H,61,71)(H,63,77)(H,66,76)(H,72,73). The van der Waals surface area contributed by atoms with Crippen molar-refractivity contribution in [1.29, 1.82) is 0 Å². The number of nitrogens with one attached hydrogen (secondary N) is 3. The molecule has 5 atom stereocenters. The molecule has 0 aliphatic rings. The molecule has 84 heavy (non-hydrogen) atoms. The first kappa shape index (κ1) is 65.2. The van der Waals surface area contributed by atoms with Crippen LogP contribution in [0.3, 0.4) is 0 Å². The van der Waals surface area contributed by atoms with Crippen LogP contribution in [-0.4, -0.2) is 140 Å². The van der Waals surface area contributed by atoms with Crippen molar-refractivity contribution in [3.8, 4) is 39.8 Å². The number of benzene rings is 4. The average molecular weight is 1180 g/mol. The molecular weight excluding hydrogens is 1110 g/mol. The number of unbranched alkanes of at least 4 members (excludes halogenated alkanes) is 3. The lowest BCUT2D eigenvalue weighted by Gasteiger charge is -2.26. The van der Waals surface area contributed by atoms with Crippen molar-refractivity contribution in [1.82, 2.24) is 25.9 Å². The molecule has 0 aliphatic carbocycles. The number of ether oxygens (including phenoxy) is 3. The molecule has 448 valence electrons. The molecule has 23 nitrogen and oxygen atoms in total. The van der Waals surface area contributed by atoms with Crippen LogP contribution in [0.5, 0.6) is 17.4 Å². The lowest BCUT2D eigenvalue weighted by Crippen LogP contribution is -2.52. The number of hydrogen-bond donors (Lipinski definition) is 10. The average Bonchev–Trinajstić information content (AvgIpc) is 3.72. The molecule has 4 aromatic carbocycles. The summed E-state index contributed by atoms with van der Waals surface area (Å²) in [4.78, 5) is 60.9. The van der Waals surface area contributed by atoms with E-state index in [-0.39, 0.29) is 62.7 Å². The van der Waals surface area contributed by atoms with Crippen molar-refractivity contribution < 1.29 is 78.7 Å². The van der Waals surface area contributed by atoms with Gasteiger partial charge in [0, 0.05) is 54.2 Å². The number of aliphatic carboxylic acids is 1. The zero-order valence-corrected chi connectivity index (χ0v) is 46.9. The van der Waals surface area contributed by atoms with Gasteiger partial charge in [0.15, 0.2) is 5.82 Å². The van der Waals surface area contributed by atoms with Crippen LogP contribution in [0.4, 0.5) is 5.82 Å². The van der Waals surface area contributed by atoms with Gasteiger partial charge < -0.3 is 60.8 Å². The van der Waals surface area contributed by atoms with E-state index < -0.39 is 61.4 Å². The SMILES string of the molecule is O=C(O)CCc1c(OCCCCCOc2cc(-c3ccccc3)cc(-c3ccccc3)n2)cccc1OCCCC(=O)NCCCCC(NC(=O)c1ccc(N=NCc2ccccc2SOOO)nc1)C(=O)NCC(O)C(O)C(O)C(O)CO. The van der Waals surface area contributed by atoms with Crippen molar-refractivity contribution in [3.63, 3.8) is 0 Å². The normalized spacial score (nSPS) is 13.1. The fraction of sp³-hybridized carbons (Fsp3) is 0.367. The summed E-state index contributed by atoms with van der Waals surface area (Å²) in [7, 11) is 0. The van der Waals surface area contributed by atoms with Crippen molar-refractivity contribution in [2.45, 2.75) is 106 Å². The molecule has 3 amide bonds. The summed E-state index contributed by atoms with van der Waals surface area (Å²) in [5.41, 5.74) is 5.28. The van der Waals surface area contributed by atoms with E-state index in [0.29, 0.717) is 72.3 Å². The number of carboxylic acid groups (broad SMARTS) is 1. The van der Waals surface area contributed by atoms with Gasteiger partial charge in [-0.15, -0.1) is 9.45 Å². The molecule has 0 spiro atoms. The second kappa shape index (κ2) is 35.9. The number of carbonyl (C=O) groups is 4. The molecule has 0 saturated heterocycles. The van der Waals surface area contributed by atoms with Crippen LogP contribution >= 0.6 is 12.0 Å². The van der Waals surface area contributed by atoms with Crippen molar-refractivity contribution in [2.24, 2.45) is 10.2 Å². The van der Waals surface area contributed by atoms with Crippen molar-refractivity contribution >= 4 is 41.6 Å². The van der Waals surface area contributed by atoms with E-state index in [0.717, 1.165) is 47.3 Å². The minimum atomic E-state index is -1.93. The summed E-state index contributed by atoms with van der Waals surface area (Å²) in [5.74, 6) is -0.960. The van der Waals surface area contributed by atoms with Crippen LogP contribution in [0.2, 0.25) is 0 Å². The molecule has 10 N–H and O–H groups in total. The maximum Gasteiger partial charge on any atom is 0.303 e. The predicted octanol–water partition coefficient (Wildman–Crippen LogP) is 6.96. The summed E-state index contributed by atoms with van der Waals surface area (Å²) in [5, 5.41) is 87.4. The topological polar surface area (TPSA) is 343 Å². The van der Waals surface area contributed by atoms with Gasteiger partial charge in [0.05, 0.1) is 62.4 Å². The monoisotopic (exact) mass is 1180 g/mol. The molecule has 0 fully saturated rings. The van der Waals surface area contributed by atoms with Gasteiger partial charge in [0.25, 0.3) is 5.91 Å². The third-order valence-electron chi connectivity index (χ3n) is 13.0. The quantitative estimate of drug-likeness (QED) is 0.00615. The molecule has 2 heterocycles. The number of aromatic nitrogens is 2. The molecule has 0 radical (unpaired) electrons. The zero-order valence-electron chi connectivity index (χ0n) is 46.1. The van der Waals surface area contributed by atoms with E-state index in [2.05, 4.69) is 58.7 Å². The van der Waals surface area contributed by atoms with Gasteiger partial charge in [0.2, 0.25) is 17.7 Å². The van der Waals surface area contributed by atoms with E-state index in [1.165, 1.54) is 18.3 Å². The highest BCUT2D eigenvalue weighted by Crippen LogP contribution is 2.32. The van der Waals surface area contributed by atoms with E-state index in [9.17, 15) is 44.7 Å². The fourth-order valence-corrected chi connectivity index (χ4v) is 8.90. The fourth-order valence-electron chi connectivity index (χ4n) is 8.43. The summed E-state index contributed by atoms with van der Waals surface area (Å²) >= 11 is 0.778. The van der Waals surface area contributed by atoms with Crippen molar-refractivity contribution in [3.05, 3.63) is 150 Å². The molecule has 2 aromatic heterocycles. The second-order valence-corrected chi connectivity index (χ2v) is 19.9. The van der Waals surface area contributed by atoms with Crippen LogP contribution < -0.4 is 30.2 Å². The Bertz CT molecular complexity index is 2950. The Balaban J connectivity index is 0.937. The van der Waals surface area contributed by atoms with Crippen LogP contribution in [-0.2, 0) is 36.7 Å². The first-order chi connectivity index (χ1) is 40.8. The molecule has 5 unspecified atom stereocenters. The first-order valence-corrected chi connectivity index (χ1v) is 28.2. The maximum atomic E-state index is 13.4. The Morgan fingerprint density at radius 2 is 1.35 bits per heavy atom. The summed E-state index contributed by atoms with van der Waals surface area (Å²) in [6.45, 7) is -0.123. The van der Waals surface area contributed by atoms with Crippen LogP contribution in [0.1, 0.15) is 79.3 Å². The Hall–Kier alpha value is -7.91. The minimum absolute atomic E-state index is 0.0719. The molecule has 0 saturated carbocycles. The van der Waals surface area contributed by atoms with Gasteiger partial charge in [-0.2, -0.15) is 5.11 Å². The first-order valence-electron chi connectivity index (χ1n) is 27.4. The highest BCUT2D eigenvalue weighted by Gasteiger charge is 2.31. The Kier molecular flexibility index (Phi) is 27.9. The zero-order chi connectivity index (χ0) is 59.9. The van der Waals surface area contributed by atoms with Gasteiger partial charge >= 0.3 is 5.97 Å². The van der Waals surface area contributed by atoms with Crippen LogP contribution in [0.15, 0.2) is 149 Å². The number of azo groups is 1. The summed E-state index contributed by atoms with van der Waals surface area (Å²) in [6, 6.07) is 38.0. The van der Waals surface area contributed by atoms with Gasteiger partial charge in [-0.3, -0.25) is 19.2 Å². The van der Waals surface area contributed by atoms with E-state index in [1.54, 1.807) is 42.5 Å². The number of rotatable bonds is 38. The highest BCUT2D eigenvalue weighted by atomic mass is 32.2. The van der Waals surface area contributed by atoms with E-state index in [4.69, 9.17) is 29.6 Å². The molecule has 6 aromatic rings. The van der Waals surface area contributed by atoms with Crippen LogP contribution in [0.25, 0.3) is 22.4 Å². The second-order valence-electron chi connectivity index (χ2n) is 19.2. The lowest BCUT2D eigenvalue weighted by molar-refractivity contribution is -0.432. The number of aliphatic hydroxyl groups excluding tert-OH is 5. The predicted molar refractivity (Wildman–Crippen MR) is 309 cm³/mol. The summed E-state index contributed by atoms with van der Waals surface area (Å²) < 4.78 is 22.9. The molecule has 6 rings (SSSR count). The lowest BCUT2D eigenvalue weighted by atomic mass is 10.0. The third kappa shape index (κ3) is 22.0. The van der Waals surface area contributed by atoms with Gasteiger partial charge in [0.1, 0.15) is 35.9 Å². The Morgan fingerprint density at radius 1 is 0.667 bits per heavy atom. The maximum absolute atomic E-state index is 13.4. The van der Waals surface area contributed by atoms with E-state index >= 15 is 0 Å². The largest absolute Gasteiger partial charge is 0.493 e.